The summed E-state index contributed by atoms with van der Waals surface area (Å²) in [5.74, 6) is -0.291. The number of nitrogens with one attached hydrogen (secondary N) is 1. The average molecular weight is 291 g/mol. The summed E-state index contributed by atoms with van der Waals surface area (Å²) >= 11 is 5.84. The smallest absolute Gasteiger partial charge is 0.252 e. The first-order valence-corrected chi connectivity index (χ1v) is 6.59. The van der Waals surface area contributed by atoms with E-state index in [4.69, 9.17) is 11.6 Å². The summed E-state index contributed by atoms with van der Waals surface area (Å²) in [5.41, 5.74) is 1.94. The van der Waals surface area contributed by atoms with Crippen LogP contribution in [0, 0.1) is 6.92 Å². The first-order chi connectivity index (χ1) is 9.60. The summed E-state index contributed by atoms with van der Waals surface area (Å²) in [5, 5.41) is 12.5. The summed E-state index contributed by atoms with van der Waals surface area (Å²) in [6.45, 7) is 1.59. The van der Waals surface area contributed by atoms with Gasteiger partial charge in [-0.25, -0.2) is 4.98 Å². The van der Waals surface area contributed by atoms with Gasteiger partial charge >= 0.3 is 0 Å². The Kier molecular flexibility index (Phi) is 4.71. The largest absolute Gasteiger partial charge is 0.394 e. The minimum Gasteiger partial charge on any atom is -0.394 e. The summed E-state index contributed by atoms with van der Waals surface area (Å²) in [6, 6.07) is 12.0. The van der Waals surface area contributed by atoms with Gasteiger partial charge in [0.25, 0.3) is 5.91 Å². The number of amides is 1. The molecule has 5 heteroatoms. The molecule has 1 unspecified atom stereocenters. The molecule has 1 atom stereocenters. The highest BCUT2D eigenvalue weighted by atomic mass is 35.5. The number of pyridine rings is 1. The third-order valence-electron chi connectivity index (χ3n) is 2.87. The van der Waals surface area contributed by atoms with Crippen molar-refractivity contribution in [3.8, 4) is 0 Å². The van der Waals surface area contributed by atoms with E-state index < -0.39 is 6.04 Å². The second kappa shape index (κ2) is 6.50. The molecule has 1 amide bonds. The van der Waals surface area contributed by atoms with Crippen LogP contribution in [0.25, 0.3) is 0 Å². The average Bonchev–Trinajstić information content (AvgIpc) is 2.44. The van der Waals surface area contributed by atoms with Gasteiger partial charge in [0.05, 0.1) is 12.6 Å². The highest BCUT2D eigenvalue weighted by molar-refractivity contribution is 6.29. The van der Waals surface area contributed by atoms with Gasteiger partial charge in [-0.2, -0.15) is 0 Å². The van der Waals surface area contributed by atoms with Crippen molar-refractivity contribution in [3.63, 3.8) is 0 Å². The first-order valence-electron chi connectivity index (χ1n) is 6.21. The Morgan fingerprint density at radius 1 is 1.35 bits per heavy atom. The van der Waals surface area contributed by atoms with Gasteiger partial charge in [-0.05, 0) is 24.6 Å². The fourth-order valence-corrected chi connectivity index (χ4v) is 2.17. The van der Waals surface area contributed by atoms with E-state index in [0.717, 1.165) is 5.56 Å². The third kappa shape index (κ3) is 3.56. The first kappa shape index (κ1) is 14.5. The number of hydrogen-bond acceptors (Lipinski definition) is 3. The van der Waals surface area contributed by atoms with Gasteiger partial charge in [-0.1, -0.05) is 41.9 Å². The lowest BCUT2D eigenvalue weighted by molar-refractivity contribution is 0.0916. The lowest BCUT2D eigenvalue weighted by Crippen LogP contribution is -2.30. The molecule has 2 aromatic rings. The van der Waals surface area contributed by atoms with E-state index >= 15 is 0 Å². The van der Waals surface area contributed by atoms with Crippen LogP contribution in [0.2, 0.25) is 5.15 Å². The van der Waals surface area contributed by atoms with Gasteiger partial charge < -0.3 is 10.4 Å². The maximum absolute atomic E-state index is 12.2. The SMILES string of the molecule is Cc1cc(C(=O)NC(CO)c2ccccc2)cc(Cl)n1. The Hall–Kier alpha value is -1.91. The van der Waals surface area contributed by atoms with Crippen LogP contribution in [0.5, 0.6) is 0 Å². The van der Waals surface area contributed by atoms with E-state index in [0.29, 0.717) is 11.3 Å². The van der Waals surface area contributed by atoms with E-state index in [-0.39, 0.29) is 17.7 Å². The Morgan fingerprint density at radius 2 is 2.05 bits per heavy atom. The van der Waals surface area contributed by atoms with Crippen LogP contribution in [0.1, 0.15) is 27.7 Å². The predicted molar refractivity (Wildman–Crippen MR) is 77.7 cm³/mol. The molecule has 1 heterocycles. The number of carbonyl (C=O) groups is 1. The highest BCUT2D eigenvalue weighted by Crippen LogP contribution is 2.15. The number of benzene rings is 1. The number of halogens is 1. The maximum Gasteiger partial charge on any atom is 0.252 e. The molecular weight excluding hydrogens is 276 g/mol. The highest BCUT2D eigenvalue weighted by Gasteiger charge is 2.15. The Labute approximate surface area is 122 Å². The standard InChI is InChI=1S/C15H15ClN2O2/c1-10-7-12(8-14(16)17-10)15(20)18-13(9-19)11-5-3-2-4-6-11/h2-8,13,19H,9H2,1H3,(H,18,20). The number of aromatic nitrogens is 1. The van der Waals surface area contributed by atoms with Gasteiger partial charge in [0.1, 0.15) is 5.15 Å². The number of carbonyl (C=O) groups excluding carboxylic acids is 1. The van der Waals surface area contributed by atoms with E-state index in [1.165, 1.54) is 6.07 Å². The number of nitrogens with zero attached hydrogens (tertiary/aromatic N) is 1. The molecule has 1 aromatic heterocycles. The van der Waals surface area contributed by atoms with Crippen LogP contribution in [-0.2, 0) is 0 Å². The Balaban J connectivity index is 2.17. The van der Waals surface area contributed by atoms with E-state index in [9.17, 15) is 9.90 Å². The zero-order valence-corrected chi connectivity index (χ0v) is 11.8. The maximum atomic E-state index is 12.2. The topological polar surface area (TPSA) is 62.2 Å². The van der Waals surface area contributed by atoms with E-state index in [1.54, 1.807) is 13.0 Å². The van der Waals surface area contributed by atoms with Crippen molar-refractivity contribution in [1.29, 1.82) is 0 Å². The number of aryl methyl sites for hydroxylation is 1. The summed E-state index contributed by atoms with van der Waals surface area (Å²) in [4.78, 5) is 16.2. The molecule has 0 fully saturated rings. The molecule has 0 saturated heterocycles. The molecule has 20 heavy (non-hydrogen) atoms. The number of aliphatic hydroxyl groups is 1. The summed E-state index contributed by atoms with van der Waals surface area (Å²) in [6.07, 6.45) is 0. The fraction of sp³-hybridized carbons (Fsp3) is 0.200. The lowest BCUT2D eigenvalue weighted by Gasteiger charge is -2.17. The van der Waals surface area contributed by atoms with Crippen molar-refractivity contribution in [2.45, 2.75) is 13.0 Å². The molecule has 4 nitrogen and oxygen atoms in total. The van der Waals surface area contributed by atoms with Crippen molar-refractivity contribution >= 4 is 17.5 Å². The van der Waals surface area contributed by atoms with Gasteiger partial charge in [-0.15, -0.1) is 0 Å². The van der Waals surface area contributed by atoms with E-state index in [2.05, 4.69) is 10.3 Å². The van der Waals surface area contributed by atoms with Gasteiger partial charge in [0.15, 0.2) is 0 Å². The monoisotopic (exact) mass is 290 g/mol. The molecule has 0 aliphatic rings. The van der Waals surface area contributed by atoms with Crippen LogP contribution in [0.15, 0.2) is 42.5 Å². The molecule has 0 saturated carbocycles. The molecule has 2 rings (SSSR count). The number of aliphatic hydroxyl groups excluding tert-OH is 1. The summed E-state index contributed by atoms with van der Waals surface area (Å²) < 4.78 is 0. The third-order valence-corrected chi connectivity index (χ3v) is 3.07. The second-order valence-electron chi connectivity index (χ2n) is 4.44. The molecule has 104 valence electrons. The van der Waals surface area contributed by atoms with Crippen LogP contribution >= 0.6 is 11.6 Å². The Morgan fingerprint density at radius 3 is 2.65 bits per heavy atom. The molecule has 0 radical (unpaired) electrons. The van der Waals surface area contributed by atoms with Crippen LogP contribution < -0.4 is 5.32 Å². The minimum atomic E-state index is -0.448. The molecule has 0 aliphatic heterocycles. The normalized spacial score (nSPS) is 11.9. The number of rotatable bonds is 4. The molecule has 2 N–H and O–H groups in total. The molecule has 1 aromatic carbocycles. The van der Waals surface area contributed by atoms with Crippen molar-refractivity contribution < 1.29 is 9.90 Å². The predicted octanol–water partition coefficient (Wildman–Crippen LogP) is 2.51. The van der Waals surface area contributed by atoms with Crippen LogP contribution in [0.4, 0.5) is 0 Å². The van der Waals surface area contributed by atoms with Gasteiger partial charge in [0.2, 0.25) is 0 Å². The van der Waals surface area contributed by atoms with Crippen molar-refractivity contribution in [2.75, 3.05) is 6.61 Å². The van der Waals surface area contributed by atoms with Crippen molar-refractivity contribution in [3.05, 3.63) is 64.4 Å². The summed E-state index contributed by atoms with van der Waals surface area (Å²) in [7, 11) is 0. The lowest BCUT2D eigenvalue weighted by atomic mass is 10.1. The minimum absolute atomic E-state index is 0.173. The molecule has 0 aliphatic carbocycles. The van der Waals surface area contributed by atoms with Gasteiger partial charge in [0, 0.05) is 11.3 Å². The molecule has 0 bridgehead atoms. The fourth-order valence-electron chi connectivity index (χ4n) is 1.92. The number of hydrogen-bond donors (Lipinski definition) is 2. The molecular formula is C15H15ClN2O2. The van der Waals surface area contributed by atoms with Crippen LogP contribution in [0.3, 0.4) is 0 Å². The second-order valence-corrected chi connectivity index (χ2v) is 4.83. The molecule has 0 spiro atoms. The van der Waals surface area contributed by atoms with E-state index in [1.807, 2.05) is 30.3 Å². The van der Waals surface area contributed by atoms with Crippen molar-refractivity contribution in [1.82, 2.24) is 10.3 Å². The zero-order chi connectivity index (χ0) is 14.5. The Bertz CT molecular complexity index is 582. The van der Waals surface area contributed by atoms with Crippen LogP contribution in [-0.4, -0.2) is 22.6 Å². The zero-order valence-electron chi connectivity index (χ0n) is 11.0. The van der Waals surface area contributed by atoms with Crippen molar-refractivity contribution in [2.24, 2.45) is 0 Å². The quantitative estimate of drug-likeness (QED) is 0.851. The van der Waals surface area contributed by atoms with Gasteiger partial charge in [-0.3, -0.25) is 4.79 Å².